The standard InChI is InChI=1S/C56H105NO5/c1-4-7-10-13-16-19-22-25-27-29-31-34-37-40-43-46-49-56(61)62-52(47-44-41-38-35-32-24-21-18-15-12-9-6-3)50-55(60)57-53(51-58)54(59)48-45-42-39-36-33-30-28-26-23-20-17-14-11-8-5-2/h9,12,18,21,27,29,52-54,58-59H,4-8,10-11,13-17,19-20,22-26,28,30-51H2,1-3H3,(H,57,60)/b12-9+,21-18+,29-27+. The Bertz CT molecular complexity index is 1020. The van der Waals surface area contributed by atoms with Crippen molar-refractivity contribution >= 4 is 11.9 Å². The highest BCUT2D eigenvalue weighted by Crippen LogP contribution is 2.18. The first-order chi connectivity index (χ1) is 30.5. The SMILES string of the molecule is CC/C=C/C/C=C/CCCCCCCC(CC(=O)NC(CO)C(O)CCCCCCCCCCCCCCCCC)OC(=O)CCCCCCC/C=C/CCCCCCCCC. The highest BCUT2D eigenvalue weighted by atomic mass is 16.5. The van der Waals surface area contributed by atoms with E-state index < -0.39 is 18.2 Å². The van der Waals surface area contributed by atoms with Crippen molar-refractivity contribution < 1.29 is 24.5 Å². The van der Waals surface area contributed by atoms with Crippen LogP contribution in [0.4, 0.5) is 0 Å². The lowest BCUT2D eigenvalue weighted by Crippen LogP contribution is -2.46. The van der Waals surface area contributed by atoms with Crippen molar-refractivity contribution in [2.45, 2.75) is 302 Å². The quantitative estimate of drug-likeness (QED) is 0.0321. The number of ether oxygens (including phenoxy) is 1. The molecule has 1 amide bonds. The van der Waals surface area contributed by atoms with Crippen LogP contribution in [-0.4, -0.2) is 46.9 Å². The molecule has 0 rings (SSSR count). The minimum atomic E-state index is -0.791. The van der Waals surface area contributed by atoms with E-state index in [9.17, 15) is 19.8 Å². The Morgan fingerprint density at radius 2 is 0.871 bits per heavy atom. The molecule has 3 N–H and O–H groups in total. The Morgan fingerprint density at radius 3 is 1.32 bits per heavy atom. The number of rotatable bonds is 49. The van der Waals surface area contributed by atoms with Crippen molar-refractivity contribution in [1.82, 2.24) is 5.32 Å². The van der Waals surface area contributed by atoms with E-state index in [-0.39, 0.29) is 24.9 Å². The number of aliphatic hydroxyl groups is 2. The van der Waals surface area contributed by atoms with Crippen molar-refractivity contribution in [2.24, 2.45) is 0 Å². The van der Waals surface area contributed by atoms with Crippen LogP contribution in [0.25, 0.3) is 0 Å². The normalized spacial score (nSPS) is 13.4. The molecule has 3 unspecified atom stereocenters. The van der Waals surface area contributed by atoms with Crippen molar-refractivity contribution in [3.05, 3.63) is 36.5 Å². The molecular formula is C56H105NO5. The molecule has 0 aromatic carbocycles. The molecule has 3 atom stereocenters. The lowest BCUT2D eigenvalue weighted by Gasteiger charge is -2.24. The summed E-state index contributed by atoms with van der Waals surface area (Å²) in [7, 11) is 0. The minimum Gasteiger partial charge on any atom is -0.462 e. The molecule has 0 aliphatic rings. The fourth-order valence-corrected chi connectivity index (χ4v) is 8.35. The second-order valence-electron chi connectivity index (χ2n) is 18.6. The number of aliphatic hydroxyl groups excluding tert-OH is 2. The third-order valence-corrected chi connectivity index (χ3v) is 12.5. The van der Waals surface area contributed by atoms with Crippen molar-refractivity contribution in [1.29, 1.82) is 0 Å². The first kappa shape index (κ1) is 60.1. The molecule has 364 valence electrons. The van der Waals surface area contributed by atoms with Gasteiger partial charge in [-0.2, -0.15) is 0 Å². The van der Waals surface area contributed by atoms with Crippen LogP contribution in [-0.2, 0) is 14.3 Å². The van der Waals surface area contributed by atoms with Crippen molar-refractivity contribution in [3.8, 4) is 0 Å². The van der Waals surface area contributed by atoms with E-state index >= 15 is 0 Å². The van der Waals surface area contributed by atoms with Gasteiger partial charge >= 0.3 is 5.97 Å². The van der Waals surface area contributed by atoms with Crippen LogP contribution in [0.15, 0.2) is 36.5 Å². The lowest BCUT2D eigenvalue weighted by molar-refractivity contribution is -0.151. The van der Waals surface area contributed by atoms with Gasteiger partial charge in [0.1, 0.15) is 6.10 Å². The van der Waals surface area contributed by atoms with E-state index in [0.717, 1.165) is 77.0 Å². The second-order valence-corrected chi connectivity index (χ2v) is 18.6. The largest absolute Gasteiger partial charge is 0.462 e. The first-order valence-electron chi connectivity index (χ1n) is 27.2. The molecule has 0 aliphatic carbocycles. The predicted octanol–water partition coefficient (Wildman–Crippen LogP) is 16.5. The van der Waals surface area contributed by atoms with E-state index in [2.05, 4.69) is 62.5 Å². The Morgan fingerprint density at radius 1 is 0.484 bits per heavy atom. The molecule has 0 bridgehead atoms. The first-order valence-corrected chi connectivity index (χ1v) is 27.2. The molecule has 0 radical (unpaired) electrons. The van der Waals surface area contributed by atoms with E-state index in [1.807, 2.05) is 0 Å². The molecular weight excluding hydrogens is 767 g/mol. The summed E-state index contributed by atoms with van der Waals surface area (Å²) < 4.78 is 5.93. The average molecular weight is 872 g/mol. The van der Waals surface area contributed by atoms with Gasteiger partial charge in [0, 0.05) is 6.42 Å². The van der Waals surface area contributed by atoms with E-state index in [0.29, 0.717) is 19.3 Å². The minimum absolute atomic E-state index is 0.0671. The zero-order valence-corrected chi connectivity index (χ0v) is 41.5. The number of hydrogen-bond donors (Lipinski definition) is 3. The van der Waals surface area contributed by atoms with Gasteiger partial charge in [0.25, 0.3) is 0 Å². The Kier molecular flexibility index (Phi) is 48.5. The highest BCUT2D eigenvalue weighted by molar-refractivity contribution is 5.77. The van der Waals surface area contributed by atoms with Crippen LogP contribution in [0.2, 0.25) is 0 Å². The number of amides is 1. The maximum absolute atomic E-state index is 13.2. The third-order valence-electron chi connectivity index (χ3n) is 12.5. The Labute approximate surface area is 385 Å². The van der Waals surface area contributed by atoms with Crippen molar-refractivity contribution in [3.63, 3.8) is 0 Å². The van der Waals surface area contributed by atoms with Crippen LogP contribution in [0.3, 0.4) is 0 Å². The summed E-state index contributed by atoms with van der Waals surface area (Å²) in [6, 6.07) is -0.706. The molecule has 6 nitrogen and oxygen atoms in total. The molecule has 0 fully saturated rings. The van der Waals surface area contributed by atoms with Crippen LogP contribution < -0.4 is 5.32 Å². The molecule has 6 heteroatoms. The summed E-state index contributed by atoms with van der Waals surface area (Å²) in [5.41, 5.74) is 0. The smallest absolute Gasteiger partial charge is 0.306 e. The van der Waals surface area contributed by atoms with Crippen LogP contribution in [0.5, 0.6) is 0 Å². The van der Waals surface area contributed by atoms with Gasteiger partial charge < -0.3 is 20.3 Å². The number of carbonyl (C=O) groups is 2. The number of unbranched alkanes of at least 4 members (excludes halogenated alkanes) is 31. The highest BCUT2D eigenvalue weighted by Gasteiger charge is 2.24. The van der Waals surface area contributed by atoms with Gasteiger partial charge in [-0.15, -0.1) is 0 Å². The summed E-state index contributed by atoms with van der Waals surface area (Å²) in [6.45, 7) is 6.39. The number of carbonyl (C=O) groups excluding carboxylic acids is 2. The van der Waals surface area contributed by atoms with Gasteiger partial charge in [-0.3, -0.25) is 9.59 Å². The zero-order valence-electron chi connectivity index (χ0n) is 41.5. The predicted molar refractivity (Wildman–Crippen MR) is 269 cm³/mol. The van der Waals surface area contributed by atoms with Gasteiger partial charge in [0.15, 0.2) is 0 Å². The third kappa shape index (κ3) is 44.7. The Balaban J connectivity index is 4.52. The van der Waals surface area contributed by atoms with Gasteiger partial charge in [-0.1, -0.05) is 231 Å². The molecule has 0 spiro atoms. The van der Waals surface area contributed by atoms with E-state index in [4.69, 9.17) is 4.74 Å². The van der Waals surface area contributed by atoms with Gasteiger partial charge in [0.05, 0.1) is 25.2 Å². The molecule has 0 heterocycles. The number of hydrogen-bond acceptors (Lipinski definition) is 5. The Hall–Kier alpha value is -1.92. The topological polar surface area (TPSA) is 95.9 Å². The second kappa shape index (κ2) is 50.1. The fraction of sp³-hybridized carbons (Fsp3) is 0.857. The maximum atomic E-state index is 13.2. The lowest BCUT2D eigenvalue weighted by atomic mass is 10.0. The zero-order chi connectivity index (χ0) is 45.2. The molecule has 0 aromatic heterocycles. The van der Waals surface area contributed by atoms with E-state index in [1.54, 1.807) is 0 Å². The average Bonchev–Trinajstić information content (AvgIpc) is 3.26. The summed E-state index contributed by atoms with van der Waals surface area (Å²) in [4.78, 5) is 26.2. The summed E-state index contributed by atoms with van der Waals surface area (Å²) in [5.74, 6) is -0.488. The van der Waals surface area contributed by atoms with E-state index in [1.165, 1.54) is 161 Å². The molecule has 62 heavy (non-hydrogen) atoms. The van der Waals surface area contributed by atoms with Gasteiger partial charge in [-0.25, -0.2) is 0 Å². The molecule has 0 saturated heterocycles. The van der Waals surface area contributed by atoms with Gasteiger partial charge in [-0.05, 0) is 77.0 Å². The monoisotopic (exact) mass is 872 g/mol. The number of esters is 1. The van der Waals surface area contributed by atoms with Crippen LogP contribution in [0.1, 0.15) is 284 Å². The molecule has 0 aliphatic heterocycles. The van der Waals surface area contributed by atoms with Crippen LogP contribution in [0, 0.1) is 0 Å². The maximum Gasteiger partial charge on any atom is 0.306 e. The number of allylic oxidation sites excluding steroid dienone is 6. The van der Waals surface area contributed by atoms with Gasteiger partial charge in [0.2, 0.25) is 5.91 Å². The van der Waals surface area contributed by atoms with Crippen molar-refractivity contribution in [2.75, 3.05) is 6.61 Å². The number of nitrogens with one attached hydrogen (secondary N) is 1. The fourth-order valence-electron chi connectivity index (χ4n) is 8.35. The molecule has 0 saturated carbocycles. The summed E-state index contributed by atoms with van der Waals surface area (Å²) >= 11 is 0. The summed E-state index contributed by atoms with van der Waals surface area (Å²) in [6.07, 6.45) is 59.2. The molecule has 0 aromatic rings. The summed E-state index contributed by atoms with van der Waals surface area (Å²) in [5, 5.41) is 23.8. The van der Waals surface area contributed by atoms with Crippen LogP contribution >= 0.6 is 0 Å².